The topological polar surface area (TPSA) is 30.7 Å². The number of fused-ring (bicyclic) bond motifs is 1. The third kappa shape index (κ3) is 5.87. The molecule has 2 aromatic heterocycles. The van der Waals surface area contributed by atoms with Crippen molar-refractivity contribution in [3.8, 4) is 17.1 Å². The van der Waals surface area contributed by atoms with Crippen molar-refractivity contribution < 1.29 is 3.89 Å². The molecule has 0 aliphatic heterocycles. The van der Waals surface area contributed by atoms with Crippen LogP contribution >= 0.6 is 12.1 Å². The molecule has 0 amide bonds. The molecule has 0 aliphatic carbocycles. The van der Waals surface area contributed by atoms with E-state index in [0.29, 0.717) is 5.92 Å². The van der Waals surface area contributed by atoms with Gasteiger partial charge in [-0.3, -0.25) is 9.55 Å². The number of benzene rings is 3. The Bertz CT molecular complexity index is 1400. The molecule has 176 valence electrons. The van der Waals surface area contributed by atoms with Crippen LogP contribution < -0.4 is 0 Å². The molecule has 3 nitrogen and oxygen atoms in total. The lowest BCUT2D eigenvalue weighted by Gasteiger charge is -2.16. The SMILES string of the molecule is C=C(CSF)c1ccccn1.CC(C)c1cc2ccccc2cc1-c1nccn1-c1ccccc1. The molecule has 0 atom stereocenters. The van der Waals surface area contributed by atoms with Gasteiger partial charge in [0.05, 0.1) is 11.4 Å². The van der Waals surface area contributed by atoms with E-state index in [0.717, 1.165) is 22.8 Å². The van der Waals surface area contributed by atoms with Crippen molar-refractivity contribution in [3.05, 3.63) is 121 Å². The van der Waals surface area contributed by atoms with Gasteiger partial charge in [0.25, 0.3) is 0 Å². The first-order valence-corrected chi connectivity index (χ1v) is 12.4. The van der Waals surface area contributed by atoms with Crippen LogP contribution in [0, 0.1) is 0 Å². The van der Waals surface area contributed by atoms with Crippen molar-refractivity contribution in [2.75, 3.05) is 5.75 Å². The van der Waals surface area contributed by atoms with E-state index in [4.69, 9.17) is 0 Å². The van der Waals surface area contributed by atoms with E-state index < -0.39 is 0 Å². The van der Waals surface area contributed by atoms with Crippen LogP contribution in [-0.4, -0.2) is 20.3 Å². The highest BCUT2D eigenvalue weighted by atomic mass is 32.2. The van der Waals surface area contributed by atoms with Gasteiger partial charge in [0.15, 0.2) is 0 Å². The maximum Gasteiger partial charge on any atom is 0.144 e. The van der Waals surface area contributed by atoms with Gasteiger partial charge in [0, 0.05) is 42.0 Å². The van der Waals surface area contributed by atoms with Gasteiger partial charge in [-0.2, -0.15) is 3.89 Å². The van der Waals surface area contributed by atoms with E-state index in [-0.39, 0.29) is 17.9 Å². The third-order valence-corrected chi connectivity index (χ3v) is 6.17. The maximum absolute atomic E-state index is 11.8. The quantitative estimate of drug-likeness (QED) is 0.243. The number of imidazole rings is 1. The summed E-state index contributed by atoms with van der Waals surface area (Å²) in [5.41, 5.74) is 5.15. The molecule has 0 saturated heterocycles. The van der Waals surface area contributed by atoms with Gasteiger partial charge in [0.1, 0.15) is 5.82 Å². The molecular weight excluding hydrogens is 453 g/mol. The molecule has 0 fully saturated rings. The first-order chi connectivity index (χ1) is 17.1. The Labute approximate surface area is 210 Å². The Morgan fingerprint density at radius 1 is 0.886 bits per heavy atom. The second-order valence-electron chi connectivity index (χ2n) is 8.47. The van der Waals surface area contributed by atoms with Crippen LogP contribution in [0.3, 0.4) is 0 Å². The summed E-state index contributed by atoms with van der Waals surface area (Å²) in [6.45, 7) is 8.17. The molecule has 5 aromatic rings. The number of aromatic nitrogens is 3. The van der Waals surface area contributed by atoms with Gasteiger partial charge in [-0.25, -0.2) is 4.98 Å². The molecular formula is C30H28FN3S. The van der Waals surface area contributed by atoms with Crippen LogP contribution in [0.1, 0.15) is 31.0 Å². The van der Waals surface area contributed by atoms with E-state index in [9.17, 15) is 3.89 Å². The zero-order chi connectivity index (χ0) is 24.6. The lowest BCUT2D eigenvalue weighted by Crippen LogP contribution is -2.00. The average Bonchev–Trinajstić information content (AvgIpc) is 3.39. The Balaban J connectivity index is 0.000000221. The minimum absolute atomic E-state index is 0.265. The van der Waals surface area contributed by atoms with Crippen molar-refractivity contribution >= 4 is 28.5 Å². The molecule has 0 aliphatic rings. The molecule has 5 heteroatoms. The lowest BCUT2D eigenvalue weighted by molar-refractivity contribution is 0.867. The fourth-order valence-corrected chi connectivity index (χ4v) is 4.22. The largest absolute Gasteiger partial charge is 0.300 e. The molecule has 0 unspecified atom stereocenters. The normalized spacial score (nSPS) is 10.7. The van der Waals surface area contributed by atoms with Gasteiger partial charge in [0.2, 0.25) is 0 Å². The summed E-state index contributed by atoms with van der Waals surface area (Å²) in [7, 11) is 0. The molecule has 0 saturated carbocycles. The van der Waals surface area contributed by atoms with Crippen LogP contribution in [-0.2, 0) is 0 Å². The lowest BCUT2D eigenvalue weighted by atomic mass is 9.93. The van der Waals surface area contributed by atoms with Crippen LogP contribution in [0.4, 0.5) is 3.89 Å². The van der Waals surface area contributed by atoms with E-state index in [2.05, 4.69) is 95.6 Å². The molecule has 2 heterocycles. The van der Waals surface area contributed by atoms with E-state index in [1.165, 1.54) is 21.9 Å². The van der Waals surface area contributed by atoms with Gasteiger partial charge in [-0.05, 0) is 58.2 Å². The van der Waals surface area contributed by atoms with Gasteiger partial charge in [-0.1, -0.05) is 75.0 Å². The van der Waals surface area contributed by atoms with Gasteiger partial charge >= 0.3 is 0 Å². The zero-order valence-corrected chi connectivity index (χ0v) is 20.8. The van der Waals surface area contributed by atoms with Crippen molar-refractivity contribution in [2.45, 2.75) is 19.8 Å². The number of hydrogen-bond donors (Lipinski definition) is 0. The highest BCUT2D eigenvalue weighted by Crippen LogP contribution is 2.33. The second kappa shape index (κ2) is 11.6. The Morgan fingerprint density at radius 3 is 2.23 bits per heavy atom. The second-order valence-corrected chi connectivity index (χ2v) is 8.98. The minimum Gasteiger partial charge on any atom is -0.300 e. The summed E-state index contributed by atoms with van der Waals surface area (Å²) in [5.74, 6) is 1.72. The smallest absolute Gasteiger partial charge is 0.144 e. The van der Waals surface area contributed by atoms with Crippen LogP contribution in [0.25, 0.3) is 33.4 Å². The van der Waals surface area contributed by atoms with E-state index in [1.807, 2.05) is 36.7 Å². The molecule has 0 radical (unpaired) electrons. The molecule has 35 heavy (non-hydrogen) atoms. The van der Waals surface area contributed by atoms with E-state index >= 15 is 0 Å². The summed E-state index contributed by atoms with van der Waals surface area (Å²) in [4.78, 5) is 8.69. The van der Waals surface area contributed by atoms with Crippen LogP contribution in [0.15, 0.2) is 110 Å². The predicted octanol–water partition coefficient (Wildman–Crippen LogP) is 8.53. The van der Waals surface area contributed by atoms with Crippen LogP contribution in [0.5, 0.6) is 0 Å². The first kappa shape index (κ1) is 24.4. The summed E-state index contributed by atoms with van der Waals surface area (Å²) in [6, 6.07) is 29.0. The van der Waals surface area contributed by atoms with Crippen molar-refractivity contribution in [2.24, 2.45) is 0 Å². The minimum atomic E-state index is 0.265. The number of para-hydroxylation sites is 1. The Hall–Kier alpha value is -3.70. The summed E-state index contributed by atoms with van der Waals surface area (Å²) in [5, 5.41) is 2.53. The molecule has 0 spiro atoms. The van der Waals surface area contributed by atoms with Crippen molar-refractivity contribution in [3.63, 3.8) is 0 Å². The third-order valence-electron chi connectivity index (χ3n) is 5.71. The van der Waals surface area contributed by atoms with E-state index in [1.54, 1.807) is 6.20 Å². The van der Waals surface area contributed by atoms with Crippen LogP contribution in [0.2, 0.25) is 0 Å². The number of pyridine rings is 1. The van der Waals surface area contributed by atoms with Gasteiger partial charge < -0.3 is 0 Å². The summed E-state index contributed by atoms with van der Waals surface area (Å²) in [6.07, 6.45) is 5.58. The fourth-order valence-electron chi connectivity index (χ4n) is 3.94. The highest BCUT2D eigenvalue weighted by molar-refractivity contribution is 7.94. The summed E-state index contributed by atoms with van der Waals surface area (Å²) < 4.78 is 13.9. The predicted molar refractivity (Wildman–Crippen MR) is 147 cm³/mol. The van der Waals surface area contributed by atoms with Crippen molar-refractivity contribution in [1.82, 2.24) is 14.5 Å². The monoisotopic (exact) mass is 481 g/mol. The average molecular weight is 482 g/mol. The van der Waals surface area contributed by atoms with Crippen molar-refractivity contribution in [1.29, 1.82) is 0 Å². The number of rotatable bonds is 6. The number of nitrogens with zero attached hydrogens (tertiary/aromatic N) is 3. The molecule has 0 bridgehead atoms. The standard InChI is InChI=1S/C22H20N2.C8H8FNS/c1-16(2)20-14-17-8-6-7-9-18(17)15-21(20)22-23-12-13-24(22)19-10-4-3-5-11-19;1-7(6-11-9)8-4-2-3-5-10-8/h3-16H,1-2H3;2-5H,1,6H2. The summed E-state index contributed by atoms with van der Waals surface area (Å²) >= 11 is 0.265. The zero-order valence-electron chi connectivity index (χ0n) is 19.9. The number of halogens is 1. The molecule has 0 N–H and O–H groups in total. The fraction of sp³-hybridized carbons (Fsp3) is 0.133. The first-order valence-electron chi connectivity index (χ1n) is 11.5. The highest BCUT2D eigenvalue weighted by Gasteiger charge is 2.15. The van der Waals surface area contributed by atoms with Gasteiger partial charge in [-0.15, -0.1) is 0 Å². The molecule has 3 aromatic carbocycles. The Kier molecular flexibility index (Phi) is 8.11. The molecule has 5 rings (SSSR count). The number of hydrogen-bond acceptors (Lipinski definition) is 3. The maximum atomic E-state index is 11.8. The Morgan fingerprint density at radius 2 is 1.57 bits per heavy atom.